The van der Waals surface area contributed by atoms with Crippen LogP contribution in [0.3, 0.4) is 0 Å². The first-order valence-corrected chi connectivity index (χ1v) is 4.18. The molecule has 0 bridgehead atoms. The van der Waals surface area contributed by atoms with E-state index in [-0.39, 0.29) is 0 Å². The Hall–Kier alpha value is 0.730. The summed E-state index contributed by atoms with van der Waals surface area (Å²) >= 11 is 10.0. The number of hydrogen-bond acceptors (Lipinski definition) is 1. The molecule has 0 atom stereocenters. The normalized spacial score (nSPS) is 12.7. The van der Waals surface area contributed by atoms with Gasteiger partial charge in [-0.3, -0.25) is 15.6 Å². The van der Waals surface area contributed by atoms with Gasteiger partial charge in [0.2, 0.25) is 7.44 Å². The molecular formula is CH5Cl2N2OP. The van der Waals surface area contributed by atoms with Gasteiger partial charge >= 0.3 is 0 Å². The lowest BCUT2D eigenvalue weighted by atomic mass is 11.9. The molecule has 0 saturated heterocycles. The van der Waals surface area contributed by atoms with Gasteiger partial charge in [-0.2, -0.15) is 0 Å². The van der Waals surface area contributed by atoms with Crippen molar-refractivity contribution in [1.82, 2.24) is 0 Å². The molecule has 0 aromatic heterocycles. The van der Waals surface area contributed by atoms with E-state index in [4.69, 9.17) is 34.2 Å². The summed E-state index contributed by atoms with van der Waals surface area (Å²) in [5.41, 5.74) is 9.50. The van der Waals surface area contributed by atoms with Crippen LogP contribution in [0.4, 0.5) is 0 Å². The van der Waals surface area contributed by atoms with Crippen molar-refractivity contribution in [3.8, 4) is 0 Å². The lowest BCUT2D eigenvalue weighted by molar-refractivity contribution is 0.578. The monoisotopic (exact) mass is 162 g/mol. The van der Waals surface area contributed by atoms with E-state index in [1.807, 2.05) is 0 Å². The highest BCUT2D eigenvalue weighted by molar-refractivity contribution is 7.63. The van der Waals surface area contributed by atoms with Crippen molar-refractivity contribution in [3.63, 3.8) is 0 Å². The summed E-state index contributed by atoms with van der Waals surface area (Å²) in [6.45, 7) is 0. The van der Waals surface area contributed by atoms with Crippen LogP contribution < -0.4 is 11.0 Å². The van der Waals surface area contributed by atoms with Crippen molar-refractivity contribution in [2.45, 2.75) is 4.58 Å². The molecule has 0 aliphatic carbocycles. The van der Waals surface area contributed by atoms with E-state index in [0.29, 0.717) is 0 Å². The third-order valence-electron chi connectivity index (χ3n) is 0.305. The minimum absolute atomic E-state index is 1.15. The molecule has 0 fully saturated rings. The van der Waals surface area contributed by atoms with Crippen LogP contribution in [0.15, 0.2) is 0 Å². The van der Waals surface area contributed by atoms with Crippen LogP contribution in [0.25, 0.3) is 0 Å². The van der Waals surface area contributed by atoms with Crippen LogP contribution in [-0.2, 0) is 4.57 Å². The largest absolute Gasteiger partial charge is 0.287 e. The first-order valence-electron chi connectivity index (χ1n) is 1.39. The molecule has 0 aliphatic heterocycles. The Balaban J connectivity index is 3.80. The van der Waals surface area contributed by atoms with Crippen molar-refractivity contribution in [1.29, 1.82) is 0 Å². The average molecular weight is 163 g/mol. The van der Waals surface area contributed by atoms with Crippen LogP contribution in [-0.4, -0.2) is 4.58 Å². The van der Waals surface area contributed by atoms with Crippen LogP contribution in [0.1, 0.15) is 0 Å². The maximum absolute atomic E-state index is 10.2. The fourth-order valence-corrected chi connectivity index (χ4v) is 0. The number of alkyl halides is 2. The van der Waals surface area contributed by atoms with Gasteiger partial charge in [-0.05, 0) is 0 Å². The Labute approximate surface area is 51.4 Å². The van der Waals surface area contributed by atoms with Gasteiger partial charge in [-0.15, -0.1) is 0 Å². The van der Waals surface area contributed by atoms with Crippen molar-refractivity contribution in [3.05, 3.63) is 0 Å². The Morgan fingerprint density at radius 3 is 1.57 bits per heavy atom. The highest BCUT2D eigenvalue weighted by atomic mass is 35.5. The lowest BCUT2D eigenvalue weighted by Crippen LogP contribution is -2.10. The second-order valence-corrected chi connectivity index (χ2v) is 4.79. The van der Waals surface area contributed by atoms with Crippen LogP contribution in [0.2, 0.25) is 0 Å². The van der Waals surface area contributed by atoms with Crippen molar-refractivity contribution >= 4 is 30.6 Å². The summed E-state index contributed by atoms with van der Waals surface area (Å²) < 4.78 is 9.06. The molecule has 0 radical (unpaired) electrons. The predicted molar refractivity (Wildman–Crippen MR) is 31.5 cm³/mol. The molecular weight excluding hydrogens is 158 g/mol. The summed E-state index contributed by atoms with van der Waals surface area (Å²) in [6, 6.07) is 0. The molecule has 4 N–H and O–H groups in total. The third kappa shape index (κ3) is 3.32. The Morgan fingerprint density at radius 1 is 1.43 bits per heavy atom. The number of rotatable bonds is 1. The highest BCUT2D eigenvalue weighted by Crippen LogP contribution is 2.37. The fraction of sp³-hybridized carbons (Fsp3) is 1.00. The molecule has 0 unspecified atom stereocenters. The first kappa shape index (κ1) is 7.73. The van der Waals surface area contributed by atoms with Gasteiger partial charge in [0.05, 0.1) is 0 Å². The second kappa shape index (κ2) is 2.33. The van der Waals surface area contributed by atoms with E-state index < -0.39 is 12.0 Å². The van der Waals surface area contributed by atoms with Crippen LogP contribution in [0.5, 0.6) is 0 Å². The topological polar surface area (TPSA) is 69.1 Å². The summed E-state index contributed by atoms with van der Waals surface area (Å²) in [6.07, 6.45) is 0. The summed E-state index contributed by atoms with van der Waals surface area (Å²) in [5, 5.41) is 0. The zero-order valence-electron chi connectivity index (χ0n) is 3.34. The van der Waals surface area contributed by atoms with Crippen molar-refractivity contribution < 1.29 is 4.57 Å². The van der Waals surface area contributed by atoms with E-state index in [1.165, 1.54) is 0 Å². The Morgan fingerprint density at radius 2 is 1.57 bits per heavy atom. The van der Waals surface area contributed by atoms with E-state index >= 15 is 0 Å². The molecule has 0 heterocycles. The van der Waals surface area contributed by atoms with E-state index in [0.717, 1.165) is 0 Å². The van der Waals surface area contributed by atoms with Crippen LogP contribution >= 0.6 is 30.6 Å². The van der Waals surface area contributed by atoms with Gasteiger partial charge in [0, 0.05) is 0 Å². The molecule has 0 aliphatic rings. The van der Waals surface area contributed by atoms with Gasteiger partial charge in [-0.25, -0.2) is 0 Å². The third-order valence-corrected chi connectivity index (χ3v) is 2.75. The van der Waals surface area contributed by atoms with Gasteiger partial charge in [0.15, 0.2) is 4.58 Å². The van der Waals surface area contributed by atoms with Gasteiger partial charge in [0.1, 0.15) is 0 Å². The Bertz CT molecular complexity index is 97.9. The number of nitrogens with two attached hydrogens (primary N) is 2. The molecule has 0 spiro atoms. The first-order chi connectivity index (χ1) is 2.94. The number of halogens is 2. The van der Waals surface area contributed by atoms with Crippen molar-refractivity contribution in [2.24, 2.45) is 11.0 Å². The predicted octanol–water partition coefficient (Wildman–Crippen LogP) is 0.858. The summed E-state index contributed by atoms with van der Waals surface area (Å²) in [4.78, 5) is 0. The second-order valence-electron chi connectivity index (χ2n) is 1.04. The Kier molecular flexibility index (Phi) is 2.58. The van der Waals surface area contributed by atoms with E-state index in [2.05, 4.69) is 0 Å². The number of hydrogen-bond donors (Lipinski definition) is 2. The van der Waals surface area contributed by atoms with Gasteiger partial charge in [-0.1, -0.05) is 23.2 Å². The summed E-state index contributed by atoms with van der Waals surface area (Å²) in [7, 11) is -3.21. The fourth-order valence-electron chi connectivity index (χ4n) is 0. The van der Waals surface area contributed by atoms with Crippen LogP contribution in [0, 0.1) is 0 Å². The van der Waals surface area contributed by atoms with E-state index in [1.54, 1.807) is 0 Å². The molecule has 6 heteroatoms. The molecule has 7 heavy (non-hydrogen) atoms. The SMILES string of the molecule is NP(N)(=O)C(Cl)Cl. The minimum Gasteiger partial charge on any atom is -0.287 e. The molecule has 0 saturated carbocycles. The van der Waals surface area contributed by atoms with Gasteiger partial charge in [0.25, 0.3) is 0 Å². The smallest absolute Gasteiger partial charge is 0.238 e. The average Bonchev–Trinajstić information content (AvgIpc) is 1.31. The molecule has 0 aromatic carbocycles. The highest BCUT2D eigenvalue weighted by Gasteiger charge is 2.17. The molecule has 0 aromatic rings. The zero-order valence-corrected chi connectivity index (χ0v) is 5.75. The molecule has 0 rings (SSSR count). The molecule has 0 amide bonds. The molecule has 44 valence electrons. The zero-order chi connectivity index (χ0) is 6.08. The minimum atomic E-state index is -3.21. The van der Waals surface area contributed by atoms with Gasteiger partial charge < -0.3 is 0 Å². The quantitative estimate of drug-likeness (QED) is 0.444. The standard InChI is InChI=1S/CH5Cl2N2OP/c2-1(3)7(4,5)6/h1H,(H4,4,5,6). The lowest BCUT2D eigenvalue weighted by Gasteiger charge is -2.03. The summed E-state index contributed by atoms with van der Waals surface area (Å²) in [5.74, 6) is 0. The maximum Gasteiger partial charge on any atom is 0.238 e. The maximum atomic E-state index is 10.2. The van der Waals surface area contributed by atoms with E-state index in [9.17, 15) is 4.57 Å². The molecule has 3 nitrogen and oxygen atoms in total. The van der Waals surface area contributed by atoms with Crippen molar-refractivity contribution in [2.75, 3.05) is 0 Å².